The maximum Gasteiger partial charge on any atom is 0.272 e. The molecular formula is C10H5Cl3N4O3. The molecule has 0 radical (unpaired) electrons. The number of nitrogen functional groups attached to an aromatic ring is 1. The third-order valence-corrected chi connectivity index (χ3v) is 2.94. The molecule has 0 aliphatic carbocycles. The predicted molar refractivity (Wildman–Crippen MR) is 74.6 cm³/mol. The number of anilines is 1. The average molecular weight is 336 g/mol. The Morgan fingerprint density at radius 3 is 2.35 bits per heavy atom. The van der Waals surface area contributed by atoms with E-state index in [4.69, 9.17) is 45.3 Å². The minimum atomic E-state index is -0.628. The van der Waals surface area contributed by atoms with Gasteiger partial charge in [-0.2, -0.15) is 4.98 Å². The van der Waals surface area contributed by atoms with Gasteiger partial charge < -0.3 is 10.5 Å². The first-order valence-electron chi connectivity index (χ1n) is 4.98. The fraction of sp³-hybridized carbons (Fsp3) is 0. The summed E-state index contributed by atoms with van der Waals surface area (Å²) in [6, 6.07) is 2.20. The van der Waals surface area contributed by atoms with Crippen molar-refractivity contribution < 1.29 is 9.66 Å². The molecule has 0 spiro atoms. The minimum absolute atomic E-state index is 0.0149. The van der Waals surface area contributed by atoms with Crippen LogP contribution in [-0.4, -0.2) is 14.9 Å². The minimum Gasteiger partial charge on any atom is -0.434 e. The van der Waals surface area contributed by atoms with Gasteiger partial charge in [-0.25, -0.2) is 4.98 Å². The maximum absolute atomic E-state index is 10.7. The Morgan fingerprint density at radius 2 is 1.80 bits per heavy atom. The summed E-state index contributed by atoms with van der Waals surface area (Å²) in [6.07, 6.45) is 1.24. The number of ether oxygens (including phenoxy) is 1. The van der Waals surface area contributed by atoms with E-state index in [1.165, 1.54) is 6.20 Å². The molecule has 20 heavy (non-hydrogen) atoms. The normalized spacial score (nSPS) is 10.3. The summed E-state index contributed by atoms with van der Waals surface area (Å²) < 4.78 is 5.34. The Morgan fingerprint density at radius 1 is 1.20 bits per heavy atom. The lowest BCUT2D eigenvalue weighted by atomic mass is 10.3. The van der Waals surface area contributed by atoms with E-state index in [1.807, 2.05) is 0 Å². The average Bonchev–Trinajstić information content (AvgIpc) is 2.37. The largest absolute Gasteiger partial charge is 0.434 e. The number of nitro groups is 1. The summed E-state index contributed by atoms with van der Waals surface area (Å²) in [5.41, 5.74) is 5.14. The summed E-state index contributed by atoms with van der Waals surface area (Å²) in [4.78, 5) is 17.5. The molecule has 2 rings (SSSR count). The fourth-order valence-electron chi connectivity index (χ4n) is 1.28. The van der Waals surface area contributed by atoms with Gasteiger partial charge in [-0.15, -0.1) is 0 Å². The van der Waals surface area contributed by atoms with Crippen molar-refractivity contribution in [2.45, 2.75) is 0 Å². The number of nitrogens with two attached hydrogens (primary N) is 1. The van der Waals surface area contributed by atoms with Crippen molar-refractivity contribution in [2.24, 2.45) is 0 Å². The van der Waals surface area contributed by atoms with E-state index in [1.54, 1.807) is 0 Å². The van der Waals surface area contributed by atoms with E-state index in [-0.39, 0.29) is 38.3 Å². The molecule has 0 aliphatic rings. The molecular weight excluding hydrogens is 330 g/mol. The lowest BCUT2D eigenvalue weighted by Crippen LogP contribution is -1.98. The third kappa shape index (κ3) is 3.01. The molecule has 104 valence electrons. The van der Waals surface area contributed by atoms with E-state index >= 15 is 0 Å². The highest BCUT2D eigenvalue weighted by molar-refractivity contribution is 6.37. The molecule has 0 fully saturated rings. The molecule has 1 aromatic heterocycles. The molecule has 0 saturated carbocycles. The van der Waals surface area contributed by atoms with Crippen molar-refractivity contribution in [3.05, 3.63) is 43.5 Å². The van der Waals surface area contributed by atoms with Crippen LogP contribution in [0.2, 0.25) is 15.1 Å². The van der Waals surface area contributed by atoms with E-state index in [9.17, 15) is 10.1 Å². The summed E-state index contributed by atoms with van der Waals surface area (Å²) in [6.45, 7) is 0. The molecule has 10 heteroatoms. The van der Waals surface area contributed by atoms with Crippen LogP contribution in [0.4, 0.5) is 11.6 Å². The molecule has 7 nitrogen and oxygen atoms in total. The van der Waals surface area contributed by atoms with E-state index < -0.39 is 4.92 Å². The van der Waals surface area contributed by atoms with Gasteiger partial charge in [0.25, 0.3) is 5.69 Å². The van der Waals surface area contributed by atoms with Crippen molar-refractivity contribution >= 4 is 46.4 Å². The number of halogens is 3. The topological polar surface area (TPSA) is 104 Å². The molecule has 0 bridgehead atoms. The van der Waals surface area contributed by atoms with Crippen molar-refractivity contribution in [3.63, 3.8) is 0 Å². The lowest BCUT2D eigenvalue weighted by molar-refractivity contribution is -0.384. The van der Waals surface area contributed by atoms with Gasteiger partial charge >= 0.3 is 0 Å². The van der Waals surface area contributed by atoms with Crippen LogP contribution in [0.5, 0.6) is 11.6 Å². The molecule has 0 aliphatic heterocycles. The Balaban J connectivity index is 2.44. The van der Waals surface area contributed by atoms with Crippen LogP contribution in [0.25, 0.3) is 0 Å². The number of hydrogen-bond donors (Lipinski definition) is 1. The summed E-state index contributed by atoms with van der Waals surface area (Å²) in [7, 11) is 0. The van der Waals surface area contributed by atoms with Gasteiger partial charge in [0.05, 0.1) is 21.2 Å². The summed E-state index contributed by atoms with van der Waals surface area (Å²) in [5, 5.41) is 10.6. The van der Waals surface area contributed by atoms with Gasteiger partial charge in [-0.3, -0.25) is 10.1 Å². The SMILES string of the molecule is Nc1ncc(Cl)c(Oc2c(Cl)cc([N+](=O)[O-])cc2Cl)n1. The first-order valence-corrected chi connectivity index (χ1v) is 6.11. The highest BCUT2D eigenvalue weighted by atomic mass is 35.5. The zero-order valence-electron chi connectivity index (χ0n) is 9.51. The number of hydrogen-bond acceptors (Lipinski definition) is 6. The Hall–Kier alpha value is -1.83. The van der Waals surface area contributed by atoms with Crippen LogP contribution in [0.15, 0.2) is 18.3 Å². The lowest BCUT2D eigenvalue weighted by Gasteiger charge is -2.09. The predicted octanol–water partition coefficient (Wildman–Crippen LogP) is 3.72. The number of non-ortho nitro benzene ring substituents is 1. The molecule has 1 aromatic carbocycles. The second-order valence-corrected chi connectivity index (χ2v) is 4.70. The summed E-state index contributed by atoms with van der Waals surface area (Å²) in [5.74, 6) is -0.130. The highest BCUT2D eigenvalue weighted by Gasteiger charge is 2.18. The number of nitrogens with zero attached hydrogens (tertiary/aromatic N) is 3. The van der Waals surface area contributed by atoms with Crippen molar-refractivity contribution in [2.75, 3.05) is 5.73 Å². The van der Waals surface area contributed by atoms with Crippen molar-refractivity contribution in [1.29, 1.82) is 0 Å². The standard InChI is InChI=1S/C10H5Cl3N4O3/c11-5-1-4(17(18)19)2-6(12)8(5)20-9-7(13)3-15-10(14)16-9/h1-3H,(H2,14,15,16). The Bertz CT molecular complexity index is 672. The maximum atomic E-state index is 10.7. The van der Waals surface area contributed by atoms with Crippen LogP contribution < -0.4 is 10.5 Å². The number of nitro benzene ring substituents is 1. The first-order chi connectivity index (χ1) is 9.38. The molecule has 0 unspecified atom stereocenters. The van der Waals surface area contributed by atoms with Gasteiger partial charge in [-0.1, -0.05) is 34.8 Å². The monoisotopic (exact) mass is 334 g/mol. The highest BCUT2D eigenvalue weighted by Crippen LogP contribution is 2.40. The molecule has 0 atom stereocenters. The molecule has 0 amide bonds. The fourth-order valence-corrected chi connectivity index (χ4v) is 1.96. The van der Waals surface area contributed by atoms with E-state index in [0.29, 0.717) is 0 Å². The number of rotatable bonds is 3. The van der Waals surface area contributed by atoms with Crippen LogP contribution in [0.1, 0.15) is 0 Å². The summed E-state index contributed by atoms with van der Waals surface area (Å²) >= 11 is 17.6. The first kappa shape index (κ1) is 14.6. The second-order valence-electron chi connectivity index (χ2n) is 3.48. The van der Waals surface area contributed by atoms with Crippen LogP contribution in [0, 0.1) is 10.1 Å². The van der Waals surface area contributed by atoms with Crippen molar-refractivity contribution in [3.8, 4) is 11.6 Å². The third-order valence-electron chi connectivity index (χ3n) is 2.12. The van der Waals surface area contributed by atoms with Gasteiger partial charge in [0.2, 0.25) is 11.8 Å². The van der Waals surface area contributed by atoms with E-state index in [2.05, 4.69) is 9.97 Å². The molecule has 2 N–H and O–H groups in total. The van der Waals surface area contributed by atoms with Crippen molar-refractivity contribution in [1.82, 2.24) is 9.97 Å². The van der Waals surface area contributed by atoms with Gasteiger partial charge in [0.1, 0.15) is 5.02 Å². The Labute approximate surface area is 127 Å². The number of aromatic nitrogens is 2. The molecule has 0 saturated heterocycles. The van der Waals surface area contributed by atoms with Gasteiger partial charge in [0, 0.05) is 12.1 Å². The second kappa shape index (κ2) is 5.66. The molecule has 1 heterocycles. The Kier molecular flexibility index (Phi) is 4.12. The van der Waals surface area contributed by atoms with Gasteiger partial charge in [-0.05, 0) is 0 Å². The number of benzene rings is 1. The van der Waals surface area contributed by atoms with Crippen LogP contribution in [0.3, 0.4) is 0 Å². The zero-order chi connectivity index (χ0) is 14.9. The van der Waals surface area contributed by atoms with Gasteiger partial charge in [0.15, 0.2) is 5.75 Å². The van der Waals surface area contributed by atoms with E-state index in [0.717, 1.165) is 12.1 Å². The van der Waals surface area contributed by atoms with Crippen LogP contribution in [-0.2, 0) is 0 Å². The van der Waals surface area contributed by atoms with Crippen LogP contribution >= 0.6 is 34.8 Å². The zero-order valence-corrected chi connectivity index (χ0v) is 11.8. The smallest absolute Gasteiger partial charge is 0.272 e. The molecule has 2 aromatic rings. The quantitative estimate of drug-likeness (QED) is 0.677.